The molecule has 1 atom stereocenters. The average Bonchev–Trinajstić information content (AvgIpc) is 2.35. The number of primary amides is 1. The number of hydrogen-bond acceptors (Lipinski definition) is 2. The van der Waals surface area contributed by atoms with E-state index in [1.807, 2.05) is 12.1 Å². The van der Waals surface area contributed by atoms with Gasteiger partial charge in [-0.05, 0) is 48.8 Å². The van der Waals surface area contributed by atoms with Gasteiger partial charge in [0.2, 0.25) is 5.91 Å². The number of methoxy groups -OCH3 is 1. The van der Waals surface area contributed by atoms with E-state index in [0.29, 0.717) is 12.3 Å². The summed E-state index contributed by atoms with van der Waals surface area (Å²) in [7, 11) is 1.71. The first-order chi connectivity index (χ1) is 8.20. The number of ether oxygens (including phenoxy) is 1. The third kappa shape index (κ3) is 2.78. The molecule has 0 spiro atoms. The summed E-state index contributed by atoms with van der Waals surface area (Å²) in [6.45, 7) is 0. The van der Waals surface area contributed by atoms with Crippen molar-refractivity contribution in [3.05, 3.63) is 29.3 Å². The number of nitrogens with two attached hydrogens (primary N) is 1. The summed E-state index contributed by atoms with van der Waals surface area (Å²) in [4.78, 5) is 10.8. The van der Waals surface area contributed by atoms with Crippen LogP contribution in [0.4, 0.5) is 0 Å². The smallest absolute Gasteiger partial charge is 0.217 e. The Labute approximate surface area is 102 Å². The number of benzene rings is 1. The molecule has 0 aliphatic heterocycles. The molecule has 1 aliphatic rings. The van der Waals surface area contributed by atoms with Crippen molar-refractivity contribution in [3.8, 4) is 5.75 Å². The lowest BCUT2D eigenvalue weighted by molar-refractivity contribution is -0.118. The molecule has 3 nitrogen and oxygen atoms in total. The van der Waals surface area contributed by atoms with Crippen LogP contribution in [0.3, 0.4) is 0 Å². The highest BCUT2D eigenvalue weighted by molar-refractivity contribution is 5.73. The second-order valence-electron chi connectivity index (χ2n) is 4.71. The number of rotatable bonds is 4. The van der Waals surface area contributed by atoms with Crippen LogP contribution in [0, 0.1) is 5.92 Å². The van der Waals surface area contributed by atoms with Crippen LogP contribution in [0.1, 0.15) is 30.4 Å². The third-order valence-corrected chi connectivity index (χ3v) is 3.56. The van der Waals surface area contributed by atoms with Gasteiger partial charge in [0.15, 0.2) is 0 Å². The molecule has 1 amide bonds. The van der Waals surface area contributed by atoms with Gasteiger partial charge in [0.1, 0.15) is 5.75 Å². The number of carbonyl (C=O) groups excluding carboxylic acids is 1. The van der Waals surface area contributed by atoms with Gasteiger partial charge in [0, 0.05) is 6.42 Å². The van der Waals surface area contributed by atoms with Crippen LogP contribution in [0.5, 0.6) is 5.75 Å². The Bertz CT molecular complexity index is 400. The molecule has 1 unspecified atom stereocenters. The van der Waals surface area contributed by atoms with Crippen molar-refractivity contribution in [2.24, 2.45) is 11.7 Å². The average molecular weight is 233 g/mol. The van der Waals surface area contributed by atoms with Crippen molar-refractivity contribution < 1.29 is 9.53 Å². The van der Waals surface area contributed by atoms with Crippen LogP contribution in [-0.4, -0.2) is 13.0 Å². The fourth-order valence-electron chi connectivity index (χ4n) is 2.61. The topological polar surface area (TPSA) is 52.3 Å². The standard InChI is InChI=1S/C14H19NO2/c1-17-13-4-2-3-11-7-5-10(9-12(11)13)6-8-14(15)16/h2-4,10H,5-9H2,1H3,(H2,15,16). The number of amides is 1. The van der Waals surface area contributed by atoms with Gasteiger partial charge in [-0.15, -0.1) is 0 Å². The molecule has 1 aromatic rings. The number of aryl methyl sites for hydroxylation is 1. The highest BCUT2D eigenvalue weighted by atomic mass is 16.5. The van der Waals surface area contributed by atoms with Gasteiger partial charge in [-0.25, -0.2) is 0 Å². The van der Waals surface area contributed by atoms with Crippen molar-refractivity contribution in [3.63, 3.8) is 0 Å². The Kier molecular flexibility index (Phi) is 3.67. The lowest BCUT2D eigenvalue weighted by Gasteiger charge is -2.25. The van der Waals surface area contributed by atoms with Gasteiger partial charge in [-0.2, -0.15) is 0 Å². The van der Waals surface area contributed by atoms with Gasteiger partial charge in [-0.3, -0.25) is 4.79 Å². The molecule has 1 aliphatic carbocycles. The van der Waals surface area contributed by atoms with E-state index in [-0.39, 0.29) is 5.91 Å². The quantitative estimate of drug-likeness (QED) is 0.865. The lowest BCUT2D eigenvalue weighted by atomic mass is 9.81. The first-order valence-corrected chi connectivity index (χ1v) is 6.13. The van der Waals surface area contributed by atoms with Gasteiger partial charge < -0.3 is 10.5 Å². The van der Waals surface area contributed by atoms with E-state index >= 15 is 0 Å². The maximum atomic E-state index is 10.8. The minimum atomic E-state index is -0.198. The zero-order valence-electron chi connectivity index (χ0n) is 10.2. The minimum absolute atomic E-state index is 0.198. The molecule has 0 fully saturated rings. The molecule has 0 heterocycles. The Morgan fingerprint density at radius 3 is 3.06 bits per heavy atom. The zero-order chi connectivity index (χ0) is 12.3. The molecule has 0 saturated carbocycles. The minimum Gasteiger partial charge on any atom is -0.496 e. The van der Waals surface area contributed by atoms with Gasteiger partial charge in [0.25, 0.3) is 0 Å². The van der Waals surface area contributed by atoms with E-state index < -0.39 is 0 Å². The van der Waals surface area contributed by atoms with E-state index in [0.717, 1.165) is 31.4 Å². The summed E-state index contributed by atoms with van der Waals surface area (Å²) in [5, 5.41) is 0. The number of hydrogen-bond donors (Lipinski definition) is 1. The fraction of sp³-hybridized carbons (Fsp3) is 0.500. The molecule has 0 bridgehead atoms. The van der Waals surface area contributed by atoms with Crippen molar-refractivity contribution in [2.45, 2.75) is 32.1 Å². The van der Waals surface area contributed by atoms with Crippen LogP contribution < -0.4 is 10.5 Å². The van der Waals surface area contributed by atoms with Crippen molar-refractivity contribution in [1.82, 2.24) is 0 Å². The number of fused-ring (bicyclic) bond motifs is 1. The molecular weight excluding hydrogens is 214 g/mol. The molecule has 0 saturated heterocycles. The van der Waals surface area contributed by atoms with Gasteiger partial charge in [0.05, 0.1) is 7.11 Å². The fourth-order valence-corrected chi connectivity index (χ4v) is 2.61. The van der Waals surface area contributed by atoms with Crippen LogP contribution >= 0.6 is 0 Å². The Morgan fingerprint density at radius 2 is 2.35 bits per heavy atom. The normalized spacial score (nSPS) is 18.5. The summed E-state index contributed by atoms with van der Waals surface area (Å²) in [6, 6.07) is 6.22. The van der Waals surface area contributed by atoms with E-state index in [2.05, 4.69) is 6.07 Å². The highest BCUT2D eigenvalue weighted by Crippen LogP contribution is 2.33. The van der Waals surface area contributed by atoms with Crippen LogP contribution in [0.2, 0.25) is 0 Å². The van der Waals surface area contributed by atoms with E-state index in [4.69, 9.17) is 10.5 Å². The predicted octanol–water partition coefficient (Wildman–Crippen LogP) is 2.07. The van der Waals surface area contributed by atoms with Crippen molar-refractivity contribution in [2.75, 3.05) is 7.11 Å². The first-order valence-electron chi connectivity index (χ1n) is 6.13. The molecule has 0 aromatic heterocycles. The zero-order valence-corrected chi connectivity index (χ0v) is 10.2. The maximum Gasteiger partial charge on any atom is 0.217 e. The van der Waals surface area contributed by atoms with Crippen LogP contribution in [0.15, 0.2) is 18.2 Å². The van der Waals surface area contributed by atoms with Crippen LogP contribution in [0.25, 0.3) is 0 Å². The summed E-state index contributed by atoms with van der Waals surface area (Å²) in [5.41, 5.74) is 7.90. The Balaban J connectivity index is 2.09. The molecule has 17 heavy (non-hydrogen) atoms. The predicted molar refractivity (Wildman–Crippen MR) is 66.9 cm³/mol. The lowest BCUT2D eigenvalue weighted by Crippen LogP contribution is -2.18. The second-order valence-corrected chi connectivity index (χ2v) is 4.71. The molecule has 2 N–H and O–H groups in total. The van der Waals surface area contributed by atoms with Gasteiger partial charge in [-0.1, -0.05) is 12.1 Å². The summed E-state index contributed by atoms with van der Waals surface area (Å²) >= 11 is 0. The highest BCUT2D eigenvalue weighted by Gasteiger charge is 2.21. The molecule has 92 valence electrons. The summed E-state index contributed by atoms with van der Waals surface area (Å²) in [5.74, 6) is 1.34. The number of carbonyl (C=O) groups is 1. The molecule has 2 rings (SSSR count). The van der Waals surface area contributed by atoms with E-state index in [1.54, 1.807) is 7.11 Å². The second kappa shape index (κ2) is 5.21. The molecular formula is C14H19NO2. The third-order valence-electron chi connectivity index (χ3n) is 3.56. The van der Waals surface area contributed by atoms with E-state index in [1.165, 1.54) is 11.1 Å². The molecule has 1 aromatic carbocycles. The molecule has 0 radical (unpaired) electrons. The Morgan fingerprint density at radius 1 is 1.53 bits per heavy atom. The van der Waals surface area contributed by atoms with Crippen LogP contribution in [-0.2, 0) is 17.6 Å². The monoisotopic (exact) mass is 233 g/mol. The van der Waals surface area contributed by atoms with Gasteiger partial charge >= 0.3 is 0 Å². The summed E-state index contributed by atoms with van der Waals surface area (Å²) < 4.78 is 5.39. The van der Waals surface area contributed by atoms with Crippen molar-refractivity contribution in [1.29, 1.82) is 0 Å². The largest absolute Gasteiger partial charge is 0.496 e. The molecule has 3 heteroatoms. The summed E-state index contributed by atoms with van der Waals surface area (Å²) in [6.07, 6.45) is 4.62. The van der Waals surface area contributed by atoms with E-state index in [9.17, 15) is 4.79 Å². The SMILES string of the molecule is COc1cccc2c1CC(CCC(N)=O)CC2. The van der Waals surface area contributed by atoms with Crippen molar-refractivity contribution >= 4 is 5.91 Å². The maximum absolute atomic E-state index is 10.8. The first kappa shape index (κ1) is 12.0. The Hall–Kier alpha value is -1.51.